The van der Waals surface area contributed by atoms with Crippen LogP contribution in [0, 0.1) is 0 Å². The van der Waals surface area contributed by atoms with E-state index in [1.54, 1.807) is 0 Å². The molecule has 11 heteroatoms. The smallest absolute Gasteiger partial charge is 0.339 e. The highest BCUT2D eigenvalue weighted by molar-refractivity contribution is 5.03. The summed E-state index contributed by atoms with van der Waals surface area (Å²) in [7, 11) is 0. The second-order valence-corrected chi connectivity index (χ2v) is 4.94. The van der Waals surface area contributed by atoms with Crippen LogP contribution in [-0.4, -0.2) is 35.4 Å². The first kappa shape index (κ1) is 20.3. The first-order valence-electron chi connectivity index (χ1n) is 5.30. The summed E-state index contributed by atoms with van der Waals surface area (Å²) in [5, 5.41) is 0. The zero-order valence-corrected chi connectivity index (χ0v) is 11.2. The lowest BCUT2D eigenvalue weighted by atomic mass is 9.92. The van der Waals surface area contributed by atoms with Crippen LogP contribution in [0.1, 0.15) is 27.7 Å². The number of ether oxygens (including phenoxy) is 1. The van der Waals surface area contributed by atoms with Crippen LogP contribution in [0.15, 0.2) is 0 Å². The van der Waals surface area contributed by atoms with Crippen molar-refractivity contribution in [3.05, 3.63) is 0 Å². The second-order valence-electron chi connectivity index (χ2n) is 4.94. The fourth-order valence-corrected chi connectivity index (χ4v) is 1.20. The lowest BCUT2D eigenvalue weighted by Crippen LogP contribution is -2.67. The Bertz CT molecular complexity index is 305. The van der Waals surface area contributed by atoms with Crippen molar-refractivity contribution in [2.75, 3.05) is 0 Å². The molecule has 0 fully saturated rings. The Labute approximate surface area is 113 Å². The van der Waals surface area contributed by atoms with Gasteiger partial charge in [0.15, 0.2) is 0 Å². The summed E-state index contributed by atoms with van der Waals surface area (Å²) < 4.78 is 132. The van der Waals surface area contributed by atoms with Crippen molar-refractivity contribution >= 4 is 0 Å². The molecule has 0 amide bonds. The van der Waals surface area contributed by atoms with E-state index >= 15 is 0 Å². The molecule has 0 aromatic rings. The highest BCUT2D eigenvalue weighted by Crippen LogP contribution is 2.53. The number of hydrogen-bond donors (Lipinski definition) is 0. The van der Waals surface area contributed by atoms with Crippen molar-refractivity contribution in [2.24, 2.45) is 0 Å². The molecule has 0 heterocycles. The Morgan fingerprint density at radius 3 is 0.762 bits per heavy atom. The molecule has 21 heavy (non-hydrogen) atoms. The molecule has 0 bridgehead atoms. The largest absolute Gasteiger partial charge is 0.423 e. The van der Waals surface area contributed by atoms with Gasteiger partial charge in [0, 0.05) is 13.8 Å². The number of halogens is 10. The Balaban J connectivity index is 6.15. The predicted octanol–water partition coefficient (Wildman–Crippen LogP) is 4.96. The minimum Gasteiger partial charge on any atom is -0.339 e. The van der Waals surface area contributed by atoms with Crippen LogP contribution in [0.4, 0.5) is 43.9 Å². The van der Waals surface area contributed by atoms with E-state index in [1.165, 1.54) is 0 Å². The van der Waals surface area contributed by atoms with Gasteiger partial charge in [-0.15, -0.1) is 0 Å². The molecule has 1 nitrogen and oxygen atoms in total. The molecule has 2 atom stereocenters. The quantitative estimate of drug-likeness (QED) is 0.659. The first-order valence-corrected chi connectivity index (χ1v) is 5.30. The molecule has 0 aliphatic carbocycles. The molecular weight excluding hydrogens is 326 g/mol. The van der Waals surface area contributed by atoms with Gasteiger partial charge in [-0.3, -0.25) is 0 Å². The Morgan fingerprint density at radius 1 is 0.476 bits per heavy atom. The molecule has 0 aliphatic rings. The van der Waals surface area contributed by atoms with E-state index in [1.807, 2.05) is 0 Å². The molecule has 0 N–H and O–H groups in total. The molecule has 0 rings (SSSR count). The molecule has 0 aliphatic heterocycles. The van der Waals surface area contributed by atoms with Gasteiger partial charge in [-0.05, 0) is 13.8 Å². The normalized spacial score (nSPS) is 20.9. The van der Waals surface area contributed by atoms with E-state index in [0.29, 0.717) is 0 Å². The van der Waals surface area contributed by atoms with Crippen LogP contribution < -0.4 is 0 Å². The third-order valence-electron chi connectivity index (χ3n) is 3.17. The highest BCUT2D eigenvalue weighted by atomic mass is 19.4. The van der Waals surface area contributed by atoms with E-state index < -0.39 is 49.2 Å². The van der Waals surface area contributed by atoms with Gasteiger partial charge in [-0.1, -0.05) is 0 Å². The third-order valence-corrected chi connectivity index (χ3v) is 3.17. The number of hydrogen-bond acceptors (Lipinski definition) is 1. The maximum atomic E-state index is 13.1. The van der Waals surface area contributed by atoms with Gasteiger partial charge in [0.1, 0.15) is 0 Å². The molecular formula is C10H12F10O. The van der Waals surface area contributed by atoms with Crippen molar-refractivity contribution in [3.8, 4) is 0 Å². The lowest BCUT2D eigenvalue weighted by Gasteiger charge is -2.46. The van der Waals surface area contributed by atoms with Gasteiger partial charge in [0.2, 0.25) is 11.2 Å². The molecule has 0 aromatic carbocycles. The van der Waals surface area contributed by atoms with Gasteiger partial charge >= 0.3 is 12.4 Å². The molecule has 0 saturated heterocycles. The summed E-state index contributed by atoms with van der Waals surface area (Å²) in [6.45, 7) is -1.57. The minimum absolute atomic E-state index is 0.370. The highest BCUT2D eigenvalue weighted by Gasteiger charge is 2.75. The Hall–Kier alpha value is -0.740. The summed E-state index contributed by atoms with van der Waals surface area (Å²) in [5.41, 5.74) is -9.52. The van der Waals surface area contributed by atoms with Crippen LogP contribution in [0.5, 0.6) is 0 Å². The summed E-state index contributed by atoms with van der Waals surface area (Å²) >= 11 is 0. The van der Waals surface area contributed by atoms with Crippen molar-refractivity contribution in [1.29, 1.82) is 0 Å². The average molecular weight is 338 g/mol. The van der Waals surface area contributed by atoms with Crippen LogP contribution in [0.3, 0.4) is 0 Å². The zero-order chi connectivity index (χ0) is 17.7. The lowest BCUT2D eigenvalue weighted by molar-refractivity contribution is -0.424. The maximum Gasteiger partial charge on any atom is 0.423 e. The topological polar surface area (TPSA) is 9.23 Å². The van der Waals surface area contributed by atoms with E-state index in [0.717, 1.165) is 0 Å². The number of rotatable bonds is 4. The summed E-state index contributed by atoms with van der Waals surface area (Å²) in [6.07, 6.45) is -12.0. The molecule has 128 valence electrons. The standard InChI is InChI=1S/C10H12F10O/c1-5(7(3,11)12,9(15,16)17)21-6(2,8(4,13)14)10(18,19)20/h1-4H3. The molecule has 0 saturated carbocycles. The van der Waals surface area contributed by atoms with Gasteiger partial charge < -0.3 is 4.74 Å². The van der Waals surface area contributed by atoms with Crippen LogP contribution in [-0.2, 0) is 4.74 Å². The SMILES string of the molecule is CC(F)(F)C(C)(OC(C)(C(C)(F)F)C(F)(F)F)C(F)(F)F. The summed E-state index contributed by atoms with van der Waals surface area (Å²) in [6, 6.07) is 0. The average Bonchev–Trinajstić information content (AvgIpc) is 2.09. The third kappa shape index (κ3) is 3.37. The summed E-state index contributed by atoms with van der Waals surface area (Å²) in [4.78, 5) is 0. The van der Waals surface area contributed by atoms with Crippen LogP contribution in [0.25, 0.3) is 0 Å². The fourth-order valence-electron chi connectivity index (χ4n) is 1.20. The Morgan fingerprint density at radius 2 is 0.667 bits per heavy atom. The van der Waals surface area contributed by atoms with Crippen LogP contribution >= 0.6 is 0 Å². The van der Waals surface area contributed by atoms with E-state index in [-0.39, 0.29) is 13.8 Å². The van der Waals surface area contributed by atoms with Gasteiger partial charge in [-0.2, -0.15) is 26.3 Å². The second kappa shape index (κ2) is 4.88. The van der Waals surface area contributed by atoms with E-state index in [4.69, 9.17) is 0 Å². The van der Waals surface area contributed by atoms with E-state index in [9.17, 15) is 43.9 Å². The van der Waals surface area contributed by atoms with Gasteiger partial charge in [-0.25, -0.2) is 17.6 Å². The number of alkyl halides is 10. The fraction of sp³-hybridized carbons (Fsp3) is 1.00. The van der Waals surface area contributed by atoms with Crippen molar-refractivity contribution in [2.45, 2.75) is 63.1 Å². The maximum absolute atomic E-state index is 13.1. The zero-order valence-electron chi connectivity index (χ0n) is 11.2. The van der Waals surface area contributed by atoms with Crippen molar-refractivity contribution < 1.29 is 48.6 Å². The first-order chi connectivity index (χ1) is 8.71. The monoisotopic (exact) mass is 338 g/mol. The minimum atomic E-state index is -6.02. The molecule has 0 spiro atoms. The molecule has 0 aromatic heterocycles. The van der Waals surface area contributed by atoms with Gasteiger partial charge in [0.25, 0.3) is 11.8 Å². The molecule has 2 unspecified atom stereocenters. The van der Waals surface area contributed by atoms with Crippen molar-refractivity contribution in [3.63, 3.8) is 0 Å². The predicted molar refractivity (Wildman–Crippen MR) is 51.2 cm³/mol. The molecule has 0 radical (unpaired) electrons. The Kier molecular flexibility index (Phi) is 4.71. The van der Waals surface area contributed by atoms with Crippen LogP contribution in [0.2, 0.25) is 0 Å². The van der Waals surface area contributed by atoms with Crippen molar-refractivity contribution in [1.82, 2.24) is 0 Å². The summed E-state index contributed by atoms with van der Waals surface area (Å²) in [5.74, 6) is -9.80. The van der Waals surface area contributed by atoms with Gasteiger partial charge in [0.05, 0.1) is 0 Å². The van der Waals surface area contributed by atoms with E-state index in [2.05, 4.69) is 4.74 Å².